The summed E-state index contributed by atoms with van der Waals surface area (Å²) in [6.07, 6.45) is -1.22. The Kier molecular flexibility index (Phi) is 6.78. The molecule has 0 saturated carbocycles. The first kappa shape index (κ1) is 19.2. The highest BCUT2D eigenvalue weighted by Crippen LogP contribution is 2.17. The predicted octanol–water partition coefficient (Wildman–Crippen LogP) is 4.39. The van der Waals surface area contributed by atoms with E-state index in [9.17, 15) is 13.2 Å². The van der Waals surface area contributed by atoms with Crippen molar-refractivity contribution in [2.45, 2.75) is 32.0 Å². The van der Waals surface area contributed by atoms with Crippen molar-refractivity contribution < 1.29 is 27.9 Å². The second-order valence-corrected chi connectivity index (χ2v) is 5.75. The summed E-state index contributed by atoms with van der Waals surface area (Å²) in [5, 5.41) is 11.8. The van der Waals surface area contributed by atoms with Crippen molar-refractivity contribution in [1.29, 1.82) is 0 Å². The Labute approximate surface area is 143 Å². The number of nitrogens with zero attached hydrogens (tertiary/aromatic N) is 1. The van der Waals surface area contributed by atoms with E-state index in [1.165, 1.54) is 35.6 Å². The molecule has 0 spiro atoms. The molecule has 0 aliphatic carbocycles. The van der Waals surface area contributed by atoms with E-state index in [-0.39, 0.29) is 0 Å². The minimum Gasteiger partial charge on any atom is -0.475 e. The summed E-state index contributed by atoms with van der Waals surface area (Å²) in [6, 6.07) is 15.0. The van der Waals surface area contributed by atoms with Gasteiger partial charge in [0.2, 0.25) is 0 Å². The van der Waals surface area contributed by atoms with Crippen LogP contribution in [-0.4, -0.2) is 35.4 Å². The minimum absolute atomic E-state index is 0.685. The normalized spacial score (nSPS) is 15.5. The van der Waals surface area contributed by atoms with Gasteiger partial charge in [0.15, 0.2) is 0 Å². The van der Waals surface area contributed by atoms with E-state index < -0.39 is 12.1 Å². The fourth-order valence-corrected chi connectivity index (χ4v) is 2.49. The molecule has 136 valence electrons. The Bertz CT molecular complexity index is 697. The molecule has 3 rings (SSSR count). The van der Waals surface area contributed by atoms with Crippen molar-refractivity contribution in [2.24, 2.45) is 0 Å². The fraction of sp³-hybridized carbons (Fsp3) is 0.389. The molecule has 1 heterocycles. The van der Waals surface area contributed by atoms with E-state index in [2.05, 4.69) is 47.5 Å². The van der Waals surface area contributed by atoms with E-state index >= 15 is 0 Å². The van der Waals surface area contributed by atoms with Crippen LogP contribution >= 0.6 is 0 Å². The maximum atomic E-state index is 10.6. The van der Waals surface area contributed by atoms with E-state index in [0.717, 1.165) is 13.1 Å². The van der Waals surface area contributed by atoms with Gasteiger partial charge in [0.25, 0.3) is 0 Å². The number of halogens is 3. The summed E-state index contributed by atoms with van der Waals surface area (Å²) < 4.78 is 31.7. The third kappa shape index (κ3) is 6.36. The zero-order valence-electron chi connectivity index (χ0n) is 13.6. The van der Waals surface area contributed by atoms with Gasteiger partial charge in [0, 0.05) is 13.1 Å². The van der Waals surface area contributed by atoms with Crippen LogP contribution in [0.2, 0.25) is 0 Å². The third-order valence-electron chi connectivity index (χ3n) is 3.79. The molecule has 0 amide bonds. The first-order chi connectivity index (χ1) is 11.9. The van der Waals surface area contributed by atoms with Crippen LogP contribution in [0.3, 0.4) is 0 Å². The molecule has 0 atom stereocenters. The van der Waals surface area contributed by atoms with Crippen molar-refractivity contribution in [3.05, 3.63) is 48.0 Å². The maximum Gasteiger partial charge on any atom is 0.490 e. The molecule has 4 nitrogen and oxygen atoms in total. The van der Waals surface area contributed by atoms with Crippen molar-refractivity contribution in [1.82, 2.24) is 5.06 Å². The summed E-state index contributed by atoms with van der Waals surface area (Å²) >= 11 is 0. The average Bonchev–Trinajstić information content (AvgIpc) is 2.60. The quantitative estimate of drug-likeness (QED) is 0.887. The molecular weight excluding hydrogens is 335 g/mol. The smallest absolute Gasteiger partial charge is 0.475 e. The van der Waals surface area contributed by atoms with Gasteiger partial charge < -0.3 is 5.11 Å². The number of carboxylic acids is 1. The van der Waals surface area contributed by atoms with Gasteiger partial charge in [-0.15, -0.1) is 0 Å². The number of hydrogen-bond donors (Lipinski definition) is 1. The standard InChI is InChI=1S/C16H19NO.C2HF3O2/c1-4-10-17(11-5-1)18-13-14-8-9-15-6-2-3-7-16(15)12-14;3-2(4,5)1(6)7/h2-3,6-9,12H,1,4-5,10-11,13H2;(H,6,7). The third-order valence-corrected chi connectivity index (χ3v) is 3.79. The topological polar surface area (TPSA) is 49.8 Å². The lowest BCUT2D eigenvalue weighted by atomic mass is 10.1. The van der Waals surface area contributed by atoms with Gasteiger partial charge in [-0.1, -0.05) is 42.8 Å². The number of carbonyl (C=O) groups is 1. The van der Waals surface area contributed by atoms with Gasteiger partial charge >= 0.3 is 12.1 Å². The molecule has 1 saturated heterocycles. The molecule has 25 heavy (non-hydrogen) atoms. The van der Waals surface area contributed by atoms with E-state index in [0.29, 0.717) is 6.61 Å². The molecule has 1 aliphatic rings. The number of piperidine rings is 1. The lowest BCUT2D eigenvalue weighted by molar-refractivity contribution is -0.192. The number of fused-ring (bicyclic) bond motifs is 1. The van der Waals surface area contributed by atoms with Crippen molar-refractivity contribution in [3.63, 3.8) is 0 Å². The zero-order valence-corrected chi connectivity index (χ0v) is 13.6. The molecule has 1 aliphatic heterocycles. The zero-order chi connectivity index (χ0) is 18.3. The molecule has 2 aromatic rings. The Hall–Kier alpha value is -2.12. The molecule has 0 unspecified atom stereocenters. The lowest BCUT2D eigenvalue weighted by Gasteiger charge is -2.25. The summed E-state index contributed by atoms with van der Waals surface area (Å²) in [6.45, 7) is 2.84. The van der Waals surface area contributed by atoms with E-state index in [1.807, 2.05) is 0 Å². The summed E-state index contributed by atoms with van der Waals surface area (Å²) in [7, 11) is 0. The Balaban J connectivity index is 0.000000277. The molecular formula is C18H20F3NO3. The van der Waals surface area contributed by atoms with Crippen LogP contribution in [0.5, 0.6) is 0 Å². The van der Waals surface area contributed by atoms with Gasteiger partial charge in [0.05, 0.1) is 6.61 Å². The Morgan fingerprint density at radius 1 is 1.04 bits per heavy atom. The monoisotopic (exact) mass is 355 g/mol. The summed E-state index contributed by atoms with van der Waals surface area (Å²) in [5.41, 5.74) is 1.25. The number of carboxylic acid groups (broad SMARTS) is 1. The first-order valence-corrected chi connectivity index (χ1v) is 8.02. The second kappa shape index (κ2) is 8.82. The number of rotatable bonds is 3. The van der Waals surface area contributed by atoms with Gasteiger partial charge in [-0.3, -0.25) is 4.84 Å². The maximum absolute atomic E-state index is 10.6. The van der Waals surface area contributed by atoms with Gasteiger partial charge in [0.1, 0.15) is 0 Å². The molecule has 2 aromatic carbocycles. The van der Waals surface area contributed by atoms with Crippen molar-refractivity contribution >= 4 is 16.7 Å². The molecule has 7 heteroatoms. The summed E-state index contributed by atoms with van der Waals surface area (Å²) in [5.74, 6) is -2.76. The van der Waals surface area contributed by atoms with Gasteiger partial charge in [-0.05, 0) is 35.2 Å². The molecule has 0 radical (unpaired) electrons. The fourth-order valence-electron chi connectivity index (χ4n) is 2.49. The van der Waals surface area contributed by atoms with Crippen LogP contribution in [0.1, 0.15) is 24.8 Å². The lowest BCUT2D eigenvalue weighted by Crippen LogP contribution is -2.29. The van der Waals surface area contributed by atoms with E-state index in [1.54, 1.807) is 0 Å². The molecule has 1 fully saturated rings. The molecule has 1 N–H and O–H groups in total. The van der Waals surface area contributed by atoms with Gasteiger partial charge in [-0.25, -0.2) is 4.79 Å². The Morgan fingerprint density at radius 3 is 2.24 bits per heavy atom. The predicted molar refractivity (Wildman–Crippen MR) is 87.9 cm³/mol. The van der Waals surface area contributed by atoms with Crippen LogP contribution in [0.25, 0.3) is 10.8 Å². The number of benzene rings is 2. The largest absolute Gasteiger partial charge is 0.490 e. The van der Waals surface area contributed by atoms with E-state index in [4.69, 9.17) is 14.7 Å². The van der Waals surface area contributed by atoms with Crippen LogP contribution in [0.4, 0.5) is 13.2 Å². The van der Waals surface area contributed by atoms with Gasteiger partial charge in [-0.2, -0.15) is 18.2 Å². The second-order valence-electron chi connectivity index (χ2n) is 5.75. The van der Waals surface area contributed by atoms with Crippen molar-refractivity contribution in [3.8, 4) is 0 Å². The average molecular weight is 355 g/mol. The number of alkyl halides is 3. The minimum atomic E-state index is -5.08. The Morgan fingerprint density at radius 2 is 1.64 bits per heavy atom. The highest BCUT2D eigenvalue weighted by atomic mass is 19.4. The number of aliphatic carboxylic acids is 1. The summed E-state index contributed by atoms with van der Waals surface area (Å²) in [4.78, 5) is 14.7. The highest BCUT2D eigenvalue weighted by Gasteiger charge is 2.38. The van der Waals surface area contributed by atoms with Crippen LogP contribution < -0.4 is 0 Å². The van der Waals surface area contributed by atoms with Crippen molar-refractivity contribution in [2.75, 3.05) is 13.1 Å². The number of hydrogen-bond acceptors (Lipinski definition) is 3. The van der Waals surface area contributed by atoms with Crippen LogP contribution in [-0.2, 0) is 16.2 Å². The first-order valence-electron chi connectivity index (χ1n) is 8.02. The highest BCUT2D eigenvalue weighted by molar-refractivity contribution is 5.82. The molecule has 0 aromatic heterocycles. The number of hydroxylamine groups is 2. The van der Waals surface area contributed by atoms with Crippen LogP contribution in [0.15, 0.2) is 42.5 Å². The molecule has 0 bridgehead atoms. The van der Waals surface area contributed by atoms with Crippen LogP contribution in [0, 0.1) is 0 Å². The SMILES string of the molecule is O=C(O)C(F)(F)F.c1ccc2cc(CON3CCCCC3)ccc2c1.